The summed E-state index contributed by atoms with van der Waals surface area (Å²) in [5.41, 5.74) is 1.77. The molecule has 0 radical (unpaired) electrons. The van der Waals surface area contributed by atoms with E-state index in [2.05, 4.69) is 24.3 Å². The van der Waals surface area contributed by atoms with Gasteiger partial charge in [-0.15, -0.1) is 11.3 Å². The summed E-state index contributed by atoms with van der Waals surface area (Å²) in [7, 11) is -3.52. The molecule has 1 atom stereocenters. The van der Waals surface area contributed by atoms with Gasteiger partial charge in [0.25, 0.3) is 5.91 Å². The predicted molar refractivity (Wildman–Crippen MR) is 129 cm³/mol. The average molecular weight is 491 g/mol. The van der Waals surface area contributed by atoms with Gasteiger partial charge in [-0.25, -0.2) is 8.42 Å². The first-order valence-electron chi connectivity index (χ1n) is 11.2. The molecule has 1 saturated heterocycles. The minimum Gasteiger partial charge on any atom is -0.379 e. The molecule has 0 spiro atoms. The summed E-state index contributed by atoms with van der Waals surface area (Å²) >= 11 is 1.46. The fourth-order valence-corrected chi connectivity index (χ4v) is 6.25. The highest BCUT2D eigenvalue weighted by Crippen LogP contribution is 2.29. The number of aryl methyl sites for hydroxylation is 1. The minimum atomic E-state index is -3.52. The number of carbonyl (C=O) groups excluding carboxylic acids is 1. The van der Waals surface area contributed by atoms with Crippen LogP contribution in [0.3, 0.4) is 0 Å². The molecule has 0 saturated carbocycles. The maximum atomic E-state index is 12.8. The fourth-order valence-electron chi connectivity index (χ4n) is 3.76. The highest BCUT2D eigenvalue weighted by molar-refractivity contribution is 7.89. The lowest BCUT2D eigenvalue weighted by atomic mass is 10.1. The van der Waals surface area contributed by atoms with Gasteiger partial charge >= 0.3 is 0 Å². The lowest BCUT2D eigenvalue weighted by Gasteiger charge is -2.26. The van der Waals surface area contributed by atoms with Gasteiger partial charge in [-0.3, -0.25) is 9.48 Å². The zero-order chi connectivity index (χ0) is 23.6. The number of hydrogen-bond donors (Lipinski definition) is 1. The summed E-state index contributed by atoms with van der Waals surface area (Å²) in [6.45, 7) is 9.04. The Morgan fingerprint density at radius 2 is 1.94 bits per heavy atom. The lowest BCUT2D eigenvalue weighted by molar-refractivity contribution is 0.0730. The standard InChI is InChI=1S/C23H30N4O4S2/c1-4-16(2)15-27-23-20(17(3)25-27)13-21(32-23)22(28)24-14-18-5-7-19(8-6-18)33(29,30)26-9-11-31-12-10-26/h5-8,13,16H,4,9-12,14-15H2,1-3H3,(H,24,28). The first-order valence-corrected chi connectivity index (χ1v) is 13.5. The second-order valence-electron chi connectivity index (χ2n) is 8.45. The zero-order valence-electron chi connectivity index (χ0n) is 19.2. The van der Waals surface area contributed by atoms with Crippen molar-refractivity contribution in [1.29, 1.82) is 0 Å². The molecule has 1 unspecified atom stereocenters. The van der Waals surface area contributed by atoms with Crippen molar-refractivity contribution in [3.05, 3.63) is 46.5 Å². The van der Waals surface area contributed by atoms with Crippen molar-refractivity contribution in [3.8, 4) is 0 Å². The van der Waals surface area contributed by atoms with Crippen molar-refractivity contribution in [2.24, 2.45) is 5.92 Å². The van der Waals surface area contributed by atoms with E-state index in [9.17, 15) is 13.2 Å². The van der Waals surface area contributed by atoms with E-state index >= 15 is 0 Å². The van der Waals surface area contributed by atoms with Gasteiger partial charge in [0.1, 0.15) is 4.83 Å². The van der Waals surface area contributed by atoms with E-state index in [1.165, 1.54) is 15.6 Å². The summed E-state index contributed by atoms with van der Waals surface area (Å²) < 4.78 is 34.2. The predicted octanol–water partition coefficient (Wildman–Crippen LogP) is 3.40. The summed E-state index contributed by atoms with van der Waals surface area (Å²) in [6, 6.07) is 8.58. The third-order valence-corrected chi connectivity index (χ3v) is 9.06. The van der Waals surface area contributed by atoms with Crippen molar-refractivity contribution < 1.29 is 17.9 Å². The molecule has 4 rings (SSSR count). The van der Waals surface area contributed by atoms with E-state index in [0.717, 1.165) is 34.4 Å². The number of hydrogen-bond acceptors (Lipinski definition) is 6. The number of ether oxygens (including phenoxy) is 1. The largest absolute Gasteiger partial charge is 0.379 e. The fraction of sp³-hybridized carbons (Fsp3) is 0.478. The Morgan fingerprint density at radius 3 is 2.61 bits per heavy atom. The molecule has 3 heterocycles. The molecule has 33 heavy (non-hydrogen) atoms. The van der Waals surface area contributed by atoms with Gasteiger partial charge in [0, 0.05) is 31.6 Å². The SMILES string of the molecule is CCC(C)Cn1nc(C)c2cc(C(=O)NCc3ccc(S(=O)(=O)N4CCOCC4)cc3)sc21. The van der Waals surface area contributed by atoms with E-state index in [0.29, 0.717) is 43.6 Å². The van der Waals surface area contributed by atoms with Crippen LogP contribution in [0.4, 0.5) is 0 Å². The van der Waals surface area contributed by atoms with Crippen LogP contribution < -0.4 is 5.32 Å². The van der Waals surface area contributed by atoms with Gasteiger partial charge in [0.15, 0.2) is 0 Å². The molecule has 1 aliphatic rings. The normalized spacial score (nSPS) is 16.2. The van der Waals surface area contributed by atoms with Crippen LogP contribution in [0.2, 0.25) is 0 Å². The van der Waals surface area contributed by atoms with Crippen molar-refractivity contribution in [3.63, 3.8) is 0 Å². The molecule has 8 nitrogen and oxygen atoms in total. The summed E-state index contributed by atoms with van der Waals surface area (Å²) in [5.74, 6) is 0.373. The second-order valence-corrected chi connectivity index (χ2v) is 11.4. The Kier molecular flexibility index (Phi) is 7.18. The molecule has 2 aromatic heterocycles. The number of sulfonamides is 1. The lowest BCUT2D eigenvalue weighted by Crippen LogP contribution is -2.40. The van der Waals surface area contributed by atoms with Gasteiger partial charge in [-0.1, -0.05) is 32.4 Å². The number of thiophene rings is 1. The zero-order valence-corrected chi connectivity index (χ0v) is 20.8. The van der Waals surface area contributed by atoms with Crippen LogP contribution in [0.25, 0.3) is 10.2 Å². The topological polar surface area (TPSA) is 93.5 Å². The number of morpholine rings is 1. The highest BCUT2D eigenvalue weighted by atomic mass is 32.2. The smallest absolute Gasteiger partial charge is 0.261 e. The first-order chi connectivity index (χ1) is 15.8. The maximum absolute atomic E-state index is 12.8. The molecule has 1 aromatic carbocycles. The number of amides is 1. The van der Waals surface area contributed by atoms with Gasteiger partial charge in [-0.05, 0) is 36.6 Å². The third-order valence-electron chi connectivity index (χ3n) is 6.00. The Morgan fingerprint density at radius 1 is 1.24 bits per heavy atom. The Labute approximate surface area is 198 Å². The monoisotopic (exact) mass is 490 g/mol. The Hall–Kier alpha value is -2.27. The van der Waals surface area contributed by atoms with E-state index in [4.69, 9.17) is 4.74 Å². The van der Waals surface area contributed by atoms with E-state index in [-0.39, 0.29) is 10.8 Å². The molecule has 0 aliphatic carbocycles. The van der Waals surface area contributed by atoms with Crippen LogP contribution in [0.1, 0.15) is 41.2 Å². The molecular formula is C23H30N4O4S2. The van der Waals surface area contributed by atoms with Gasteiger partial charge in [-0.2, -0.15) is 9.40 Å². The number of rotatable bonds is 8. The van der Waals surface area contributed by atoms with E-state index in [1.807, 2.05) is 17.7 Å². The number of benzene rings is 1. The van der Waals surface area contributed by atoms with Crippen LogP contribution >= 0.6 is 11.3 Å². The quantitative estimate of drug-likeness (QED) is 0.522. The van der Waals surface area contributed by atoms with Crippen molar-refractivity contribution >= 4 is 37.5 Å². The first kappa shape index (κ1) is 23.9. The van der Waals surface area contributed by atoms with Crippen molar-refractivity contribution in [2.45, 2.75) is 45.2 Å². The molecule has 3 aromatic rings. The van der Waals surface area contributed by atoms with Crippen molar-refractivity contribution in [1.82, 2.24) is 19.4 Å². The number of aromatic nitrogens is 2. The van der Waals surface area contributed by atoms with Crippen LogP contribution in [0.15, 0.2) is 35.2 Å². The molecule has 1 aliphatic heterocycles. The Balaban J connectivity index is 1.41. The number of fused-ring (bicyclic) bond motifs is 1. The molecule has 0 bridgehead atoms. The maximum Gasteiger partial charge on any atom is 0.261 e. The van der Waals surface area contributed by atoms with Crippen LogP contribution in [-0.4, -0.2) is 54.7 Å². The van der Waals surface area contributed by atoms with Gasteiger partial charge in [0.05, 0.1) is 28.7 Å². The van der Waals surface area contributed by atoms with Gasteiger partial charge in [0.2, 0.25) is 10.0 Å². The third kappa shape index (κ3) is 5.13. The second kappa shape index (κ2) is 9.92. The molecule has 10 heteroatoms. The molecule has 178 valence electrons. The van der Waals surface area contributed by atoms with Crippen LogP contribution in [0.5, 0.6) is 0 Å². The Bertz CT molecular complexity index is 1230. The molecular weight excluding hydrogens is 460 g/mol. The van der Waals surface area contributed by atoms with E-state index in [1.54, 1.807) is 24.3 Å². The number of nitrogens with one attached hydrogen (secondary N) is 1. The minimum absolute atomic E-state index is 0.143. The highest BCUT2D eigenvalue weighted by Gasteiger charge is 2.26. The summed E-state index contributed by atoms with van der Waals surface area (Å²) in [5, 5.41) is 8.59. The molecule has 1 N–H and O–H groups in total. The van der Waals surface area contributed by atoms with Crippen LogP contribution in [0, 0.1) is 12.8 Å². The number of nitrogens with zero attached hydrogens (tertiary/aromatic N) is 3. The molecule has 1 amide bonds. The average Bonchev–Trinajstić information content (AvgIpc) is 3.39. The number of carbonyl (C=O) groups is 1. The van der Waals surface area contributed by atoms with E-state index < -0.39 is 10.0 Å². The molecule has 1 fully saturated rings. The van der Waals surface area contributed by atoms with Crippen molar-refractivity contribution in [2.75, 3.05) is 26.3 Å². The van der Waals surface area contributed by atoms with Gasteiger partial charge < -0.3 is 10.1 Å². The van der Waals surface area contributed by atoms with Crippen LogP contribution in [-0.2, 0) is 27.8 Å². The summed E-state index contributed by atoms with van der Waals surface area (Å²) in [6.07, 6.45) is 1.08. The summed E-state index contributed by atoms with van der Waals surface area (Å²) in [4.78, 5) is 14.7.